The van der Waals surface area contributed by atoms with Crippen molar-refractivity contribution in [3.05, 3.63) is 71.8 Å². The minimum atomic E-state index is -1.21. The van der Waals surface area contributed by atoms with Crippen molar-refractivity contribution in [3.63, 3.8) is 0 Å². The molecule has 0 fully saturated rings. The van der Waals surface area contributed by atoms with E-state index in [9.17, 15) is 33.9 Å². The number of aliphatic hydroxyl groups excluding tert-OH is 1. The predicted octanol–water partition coefficient (Wildman–Crippen LogP) is 3.40. The maximum Gasteiger partial charge on any atom is 0.408 e. The van der Waals surface area contributed by atoms with E-state index in [4.69, 9.17) is 9.47 Å². The van der Waals surface area contributed by atoms with E-state index < -0.39 is 77.9 Å². The summed E-state index contributed by atoms with van der Waals surface area (Å²) in [5.74, 6) is -4.07. The van der Waals surface area contributed by atoms with Crippen molar-refractivity contribution in [2.24, 2.45) is 23.7 Å². The van der Waals surface area contributed by atoms with Crippen molar-refractivity contribution in [2.45, 2.75) is 118 Å². The lowest BCUT2D eigenvalue weighted by molar-refractivity contribution is -0.147. The van der Waals surface area contributed by atoms with Gasteiger partial charge >= 0.3 is 12.1 Å². The van der Waals surface area contributed by atoms with Gasteiger partial charge in [-0.2, -0.15) is 0 Å². The zero-order valence-electron chi connectivity index (χ0n) is 33.6. The fourth-order valence-electron chi connectivity index (χ4n) is 5.88. The van der Waals surface area contributed by atoms with Gasteiger partial charge in [-0.25, -0.2) is 9.59 Å². The predicted molar refractivity (Wildman–Crippen MR) is 208 cm³/mol. The first-order valence-corrected chi connectivity index (χ1v) is 18.9. The van der Waals surface area contributed by atoms with Gasteiger partial charge in [0.05, 0.1) is 19.3 Å². The number of nitrogens with one attached hydrogen (secondary N) is 5. The topological polar surface area (TPSA) is 201 Å². The van der Waals surface area contributed by atoms with Crippen LogP contribution in [0.1, 0.15) is 79.4 Å². The van der Waals surface area contributed by atoms with Gasteiger partial charge in [-0.15, -0.1) is 0 Å². The minimum absolute atomic E-state index is 0.0219. The van der Waals surface area contributed by atoms with Crippen LogP contribution in [0.2, 0.25) is 0 Å². The number of carbonyl (C=O) groups is 6. The quantitative estimate of drug-likeness (QED) is 0.103. The molecule has 2 aromatic carbocycles. The van der Waals surface area contributed by atoms with Crippen LogP contribution in [0.3, 0.4) is 0 Å². The van der Waals surface area contributed by atoms with Crippen LogP contribution in [0.25, 0.3) is 0 Å². The van der Waals surface area contributed by atoms with Crippen LogP contribution in [0, 0.1) is 23.7 Å². The molecule has 55 heavy (non-hydrogen) atoms. The molecular weight excluding hydrogens is 706 g/mol. The van der Waals surface area contributed by atoms with Gasteiger partial charge in [0.15, 0.2) is 0 Å². The maximum absolute atomic E-state index is 13.9. The minimum Gasteiger partial charge on any atom is -0.467 e. The molecule has 0 radical (unpaired) electrons. The SMILES string of the molecule is COC(=O)[C@@H](NC(=O)[C@@H](NC(=O)[C@H](CC(C)C)C[C@H](O)[C@H](Cc1ccccc1)NC(=O)[C@H](C)NC(=O)[C@H](C)NC(=O)OCc1ccccc1)C(C)C)C(C)C. The number of hydrogen-bond acceptors (Lipinski definition) is 9. The molecule has 0 spiro atoms. The van der Waals surface area contributed by atoms with Crippen LogP contribution in [-0.2, 0) is 46.5 Å². The van der Waals surface area contributed by atoms with Crippen LogP contribution in [0.15, 0.2) is 60.7 Å². The smallest absolute Gasteiger partial charge is 0.408 e. The Morgan fingerprint density at radius 3 is 1.64 bits per heavy atom. The highest BCUT2D eigenvalue weighted by atomic mass is 16.5. The molecule has 14 nitrogen and oxygen atoms in total. The Labute approximate surface area is 325 Å². The Morgan fingerprint density at radius 2 is 1.11 bits per heavy atom. The van der Waals surface area contributed by atoms with Crippen molar-refractivity contribution in [1.82, 2.24) is 26.6 Å². The molecule has 0 saturated heterocycles. The zero-order chi connectivity index (χ0) is 41.2. The number of benzene rings is 2. The van der Waals surface area contributed by atoms with Gasteiger partial charge in [0.2, 0.25) is 23.6 Å². The molecular formula is C41H61N5O9. The molecule has 0 aromatic heterocycles. The molecule has 0 heterocycles. The normalized spacial score (nSPS) is 15.1. The average Bonchev–Trinajstić information content (AvgIpc) is 3.14. The van der Waals surface area contributed by atoms with E-state index in [2.05, 4.69) is 26.6 Å². The molecule has 0 bridgehead atoms. The Balaban J connectivity index is 2.17. The summed E-state index contributed by atoms with van der Waals surface area (Å²) in [6.45, 7) is 13.9. The van der Waals surface area contributed by atoms with E-state index in [1.165, 1.54) is 21.0 Å². The summed E-state index contributed by atoms with van der Waals surface area (Å²) in [6.07, 6.45) is -1.45. The van der Waals surface area contributed by atoms with Gasteiger partial charge in [-0.1, -0.05) is 102 Å². The Morgan fingerprint density at radius 1 is 0.600 bits per heavy atom. The van der Waals surface area contributed by atoms with Crippen LogP contribution in [0.4, 0.5) is 4.79 Å². The Hall–Kier alpha value is -4.98. The standard InChI is InChI=1S/C41H61N5O9/c1-24(2)20-31(38(50)45-34(25(3)4)39(51)46-35(26(5)6)40(52)54-9)22-33(47)32(21-29-16-12-10-13-17-29)44-37(49)27(7)42-36(48)28(8)43-41(53)55-23-30-18-14-11-15-19-30/h10-19,24-28,31-35,47H,20-23H2,1-9H3,(H,42,48)(H,43,53)(H,44,49)(H,45,50)(H,46,51)/t27-,28-,31+,32-,33-,34-,35-/m0/s1. The fourth-order valence-corrected chi connectivity index (χ4v) is 5.88. The highest BCUT2D eigenvalue weighted by Crippen LogP contribution is 2.22. The second-order valence-corrected chi connectivity index (χ2v) is 15.1. The number of esters is 1. The summed E-state index contributed by atoms with van der Waals surface area (Å²) >= 11 is 0. The maximum atomic E-state index is 13.9. The molecule has 0 saturated carbocycles. The van der Waals surface area contributed by atoms with Crippen LogP contribution < -0.4 is 26.6 Å². The highest BCUT2D eigenvalue weighted by molar-refractivity contribution is 5.92. The third kappa shape index (κ3) is 16.1. The summed E-state index contributed by atoms with van der Waals surface area (Å²) in [4.78, 5) is 78.3. The third-order valence-corrected chi connectivity index (χ3v) is 9.10. The molecule has 2 aromatic rings. The first kappa shape index (κ1) is 46.2. The van der Waals surface area contributed by atoms with Crippen LogP contribution in [0.5, 0.6) is 0 Å². The second kappa shape index (κ2) is 23.1. The average molecular weight is 768 g/mol. The lowest BCUT2D eigenvalue weighted by Crippen LogP contribution is -2.56. The van der Waals surface area contributed by atoms with E-state index in [-0.39, 0.29) is 37.2 Å². The molecule has 0 aliphatic carbocycles. The van der Waals surface area contributed by atoms with Gasteiger partial charge < -0.3 is 41.2 Å². The van der Waals surface area contributed by atoms with Crippen molar-refractivity contribution >= 4 is 35.7 Å². The Kier molecular flexibility index (Phi) is 19.4. The van der Waals surface area contributed by atoms with Crippen molar-refractivity contribution in [3.8, 4) is 0 Å². The van der Waals surface area contributed by atoms with Crippen molar-refractivity contribution in [2.75, 3.05) is 7.11 Å². The summed E-state index contributed by atoms with van der Waals surface area (Å²) < 4.78 is 10.0. The number of methoxy groups -OCH3 is 1. The second-order valence-electron chi connectivity index (χ2n) is 15.1. The zero-order valence-corrected chi connectivity index (χ0v) is 33.6. The van der Waals surface area contributed by atoms with E-state index >= 15 is 0 Å². The number of amides is 5. The van der Waals surface area contributed by atoms with Gasteiger partial charge in [-0.3, -0.25) is 19.2 Å². The molecule has 0 unspecified atom stereocenters. The number of carbonyl (C=O) groups excluding carboxylic acids is 6. The van der Waals surface area contributed by atoms with Gasteiger partial charge in [-0.05, 0) is 62.0 Å². The largest absolute Gasteiger partial charge is 0.467 e. The first-order chi connectivity index (χ1) is 25.9. The van der Waals surface area contributed by atoms with E-state index in [1.54, 1.807) is 39.8 Å². The Bertz CT molecular complexity index is 1540. The fraction of sp³-hybridized carbons (Fsp3) is 0.561. The summed E-state index contributed by atoms with van der Waals surface area (Å²) in [5, 5.41) is 25.1. The number of rotatable bonds is 21. The van der Waals surface area contributed by atoms with E-state index in [1.807, 2.05) is 62.4 Å². The number of hydrogen-bond donors (Lipinski definition) is 6. The molecule has 14 heteroatoms. The molecule has 0 aliphatic heterocycles. The van der Waals surface area contributed by atoms with Crippen molar-refractivity contribution in [1.29, 1.82) is 0 Å². The van der Waals surface area contributed by atoms with Crippen molar-refractivity contribution < 1.29 is 43.3 Å². The first-order valence-electron chi connectivity index (χ1n) is 18.9. The molecule has 304 valence electrons. The summed E-state index contributed by atoms with van der Waals surface area (Å²) in [7, 11) is 1.24. The number of alkyl carbamates (subject to hydrolysis) is 1. The monoisotopic (exact) mass is 767 g/mol. The summed E-state index contributed by atoms with van der Waals surface area (Å²) in [6, 6.07) is 13.5. The van der Waals surface area contributed by atoms with Gasteiger partial charge in [0.25, 0.3) is 0 Å². The highest BCUT2D eigenvalue weighted by Gasteiger charge is 2.35. The van der Waals surface area contributed by atoms with Crippen LogP contribution in [-0.4, -0.2) is 84.2 Å². The third-order valence-electron chi connectivity index (χ3n) is 9.10. The molecule has 5 amide bonds. The van der Waals surface area contributed by atoms with E-state index in [0.29, 0.717) is 6.42 Å². The molecule has 0 aliphatic rings. The van der Waals surface area contributed by atoms with Gasteiger partial charge in [0, 0.05) is 5.92 Å². The van der Waals surface area contributed by atoms with Crippen LogP contribution >= 0.6 is 0 Å². The molecule has 2 rings (SSSR count). The summed E-state index contributed by atoms with van der Waals surface area (Å²) in [5.41, 5.74) is 1.60. The molecule has 7 atom stereocenters. The number of ether oxygens (including phenoxy) is 2. The van der Waals surface area contributed by atoms with Gasteiger partial charge in [0.1, 0.15) is 30.8 Å². The van der Waals surface area contributed by atoms with E-state index in [0.717, 1.165) is 11.1 Å². The lowest BCUT2D eigenvalue weighted by Gasteiger charge is -2.31. The lowest BCUT2D eigenvalue weighted by atomic mass is 9.87. The molecule has 6 N–H and O–H groups in total. The number of aliphatic hydroxyl groups is 1.